The zero-order chi connectivity index (χ0) is 29.7. The van der Waals surface area contributed by atoms with Gasteiger partial charge in [0.05, 0.1) is 0 Å². The largest absolute Gasteiger partial charge is 0.456 e. The predicted octanol–water partition coefficient (Wildman–Crippen LogP) is 10.1. The van der Waals surface area contributed by atoms with Crippen LogP contribution in [0.25, 0.3) is 88.8 Å². The van der Waals surface area contributed by atoms with E-state index >= 15 is 0 Å². The summed E-state index contributed by atoms with van der Waals surface area (Å²) in [5.74, 6) is 1.94. The van der Waals surface area contributed by atoms with Crippen molar-refractivity contribution in [1.29, 1.82) is 0 Å². The lowest BCUT2D eigenvalue weighted by Gasteiger charge is -2.11. The lowest BCUT2D eigenvalue weighted by Crippen LogP contribution is -2.00. The number of fused-ring (bicyclic) bond motifs is 5. The molecule has 5 nitrogen and oxygen atoms in total. The average molecular weight is 577 g/mol. The van der Waals surface area contributed by atoms with E-state index in [9.17, 15) is 0 Å². The Morgan fingerprint density at radius 2 is 1.13 bits per heavy atom. The van der Waals surface area contributed by atoms with Crippen LogP contribution in [0.1, 0.15) is 0 Å². The van der Waals surface area contributed by atoms with Crippen LogP contribution in [0.3, 0.4) is 0 Å². The van der Waals surface area contributed by atoms with Crippen LogP contribution in [0.2, 0.25) is 0 Å². The number of rotatable bonds is 4. The van der Waals surface area contributed by atoms with Gasteiger partial charge < -0.3 is 4.42 Å². The number of pyridine rings is 1. The second-order valence-corrected chi connectivity index (χ2v) is 11.1. The van der Waals surface area contributed by atoms with Crippen molar-refractivity contribution in [3.05, 3.63) is 146 Å². The number of hydrogen-bond donors (Lipinski definition) is 0. The Kier molecular flexibility index (Phi) is 5.74. The molecule has 9 aromatic rings. The van der Waals surface area contributed by atoms with Crippen molar-refractivity contribution in [2.75, 3.05) is 0 Å². The smallest absolute Gasteiger partial charge is 0.164 e. The van der Waals surface area contributed by atoms with Crippen LogP contribution in [0.15, 0.2) is 150 Å². The van der Waals surface area contributed by atoms with Crippen molar-refractivity contribution in [2.24, 2.45) is 0 Å². The molecule has 0 N–H and O–H groups in total. The van der Waals surface area contributed by atoms with Crippen molar-refractivity contribution < 1.29 is 4.42 Å². The minimum absolute atomic E-state index is 0.643. The lowest BCUT2D eigenvalue weighted by molar-refractivity contribution is 0.669. The van der Waals surface area contributed by atoms with Crippen LogP contribution < -0.4 is 0 Å². The molecular weight excluding hydrogens is 552 g/mol. The van der Waals surface area contributed by atoms with Gasteiger partial charge in [-0.25, -0.2) is 15.0 Å². The van der Waals surface area contributed by atoms with Gasteiger partial charge in [0.1, 0.15) is 11.2 Å². The second kappa shape index (κ2) is 10.2. The summed E-state index contributed by atoms with van der Waals surface area (Å²) in [5.41, 5.74) is 6.84. The molecule has 45 heavy (non-hydrogen) atoms. The minimum atomic E-state index is 0.643. The molecule has 0 aliphatic rings. The predicted molar refractivity (Wildman–Crippen MR) is 182 cm³/mol. The summed E-state index contributed by atoms with van der Waals surface area (Å²) in [6.07, 6.45) is 3.72. The van der Waals surface area contributed by atoms with E-state index in [1.807, 2.05) is 85.2 Å². The van der Waals surface area contributed by atoms with Gasteiger partial charge in [0.15, 0.2) is 17.5 Å². The number of furan rings is 1. The molecule has 3 aromatic heterocycles. The van der Waals surface area contributed by atoms with E-state index in [0.717, 1.165) is 71.3 Å². The van der Waals surface area contributed by atoms with Gasteiger partial charge in [0.25, 0.3) is 0 Å². The normalized spacial score (nSPS) is 11.6. The summed E-state index contributed by atoms with van der Waals surface area (Å²) in [7, 11) is 0. The number of nitrogens with zero attached hydrogens (tertiary/aromatic N) is 4. The Morgan fingerprint density at radius 1 is 0.422 bits per heavy atom. The maximum Gasteiger partial charge on any atom is 0.164 e. The van der Waals surface area contributed by atoms with E-state index < -0.39 is 0 Å². The lowest BCUT2D eigenvalue weighted by atomic mass is 9.95. The first-order valence-electron chi connectivity index (χ1n) is 14.9. The van der Waals surface area contributed by atoms with E-state index in [2.05, 4.69) is 65.6 Å². The molecule has 0 amide bonds. The standard InChI is InChI=1S/C40H24N4O/c1-3-9-25(10-4-1)38-42-39(26-11-5-2-6-12-26)44-40(43-38)33-15-7-13-28-21-29(17-18-31(28)33)32-14-8-16-35-37(32)34-22-30-24-41-20-19-27(30)23-36(34)45-35/h1-24H. The third kappa shape index (κ3) is 4.33. The minimum Gasteiger partial charge on any atom is -0.456 e. The van der Waals surface area contributed by atoms with Crippen molar-refractivity contribution in [3.63, 3.8) is 0 Å². The van der Waals surface area contributed by atoms with E-state index in [1.165, 1.54) is 0 Å². The van der Waals surface area contributed by atoms with E-state index in [0.29, 0.717) is 17.5 Å². The zero-order valence-electron chi connectivity index (χ0n) is 24.1. The molecule has 0 aliphatic carbocycles. The summed E-state index contributed by atoms with van der Waals surface area (Å²) in [5, 5.41) is 6.57. The van der Waals surface area contributed by atoms with Gasteiger partial charge >= 0.3 is 0 Å². The van der Waals surface area contributed by atoms with Crippen molar-refractivity contribution in [1.82, 2.24) is 19.9 Å². The molecule has 0 radical (unpaired) electrons. The topological polar surface area (TPSA) is 64.7 Å². The zero-order valence-corrected chi connectivity index (χ0v) is 24.1. The molecule has 0 spiro atoms. The summed E-state index contributed by atoms with van der Waals surface area (Å²) in [6, 6.07) is 45.6. The first kappa shape index (κ1) is 25.3. The molecule has 210 valence electrons. The molecule has 6 aromatic carbocycles. The highest BCUT2D eigenvalue weighted by atomic mass is 16.3. The SMILES string of the molecule is c1ccc(-c2nc(-c3ccccc3)nc(-c3cccc4cc(-c5cccc6oc7cc8ccncc8cc7c56)ccc34)n2)cc1. The Hall–Kier alpha value is -6.20. The molecule has 5 heteroatoms. The first-order valence-corrected chi connectivity index (χ1v) is 14.9. The number of aromatic nitrogens is 4. The van der Waals surface area contributed by atoms with Gasteiger partial charge in [-0.05, 0) is 57.6 Å². The Bertz CT molecular complexity index is 2480. The van der Waals surface area contributed by atoms with Crippen LogP contribution in [-0.4, -0.2) is 19.9 Å². The van der Waals surface area contributed by atoms with Crippen LogP contribution in [0.4, 0.5) is 0 Å². The van der Waals surface area contributed by atoms with Crippen molar-refractivity contribution in [3.8, 4) is 45.3 Å². The Balaban J connectivity index is 1.22. The van der Waals surface area contributed by atoms with Crippen molar-refractivity contribution >= 4 is 43.5 Å². The van der Waals surface area contributed by atoms with Crippen LogP contribution in [-0.2, 0) is 0 Å². The fraction of sp³-hybridized carbons (Fsp3) is 0. The van der Waals surface area contributed by atoms with Crippen LogP contribution >= 0.6 is 0 Å². The molecule has 0 fully saturated rings. The molecule has 3 heterocycles. The van der Waals surface area contributed by atoms with Gasteiger partial charge in [-0.3, -0.25) is 4.98 Å². The summed E-state index contributed by atoms with van der Waals surface area (Å²) in [4.78, 5) is 19.2. The molecular formula is C40H24N4O. The quantitative estimate of drug-likeness (QED) is 0.209. The maximum atomic E-state index is 6.34. The third-order valence-corrected chi connectivity index (χ3v) is 8.39. The van der Waals surface area contributed by atoms with Gasteiger partial charge in [-0.2, -0.15) is 0 Å². The molecule has 0 bridgehead atoms. The summed E-state index contributed by atoms with van der Waals surface area (Å²) < 4.78 is 6.34. The average Bonchev–Trinajstić information content (AvgIpc) is 3.48. The fourth-order valence-corrected chi connectivity index (χ4v) is 6.22. The Morgan fingerprint density at radius 3 is 1.91 bits per heavy atom. The second-order valence-electron chi connectivity index (χ2n) is 11.1. The van der Waals surface area contributed by atoms with Crippen LogP contribution in [0.5, 0.6) is 0 Å². The maximum absolute atomic E-state index is 6.34. The molecule has 0 unspecified atom stereocenters. The first-order chi connectivity index (χ1) is 22.3. The van der Waals surface area contributed by atoms with Gasteiger partial charge in [0, 0.05) is 45.2 Å². The molecule has 9 rings (SSSR count). The van der Waals surface area contributed by atoms with Gasteiger partial charge in [-0.1, -0.05) is 103 Å². The highest BCUT2D eigenvalue weighted by molar-refractivity contribution is 6.16. The monoisotopic (exact) mass is 576 g/mol. The number of hydrogen-bond acceptors (Lipinski definition) is 5. The number of benzene rings is 6. The molecule has 0 saturated carbocycles. The summed E-state index contributed by atoms with van der Waals surface area (Å²) in [6.45, 7) is 0. The molecule has 0 atom stereocenters. The van der Waals surface area contributed by atoms with Crippen molar-refractivity contribution in [2.45, 2.75) is 0 Å². The van der Waals surface area contributed by atoms with E-state index in [1.54, 1.807) is 0 Å². The summed E-state index contributed by atoms with van der Waals surface area (Å²) >= 11 is 0. The van der Waals surface area contributed by atoms with Crippen LogP contribution in [0, 0.1) is 0 Å². The molecule has 0 aliphatic heterocycles. The van der Waals surface area contributed by atoms with Gasteiger partial charge in [0.2, 0.25) is 0 Å². The third-order valence-electron chi connectivity index (χ3n) is 8.39. The van der Waals surface area contributed by atoms with E-state index in [4.69, 9.17) is 19.4 Å². The highest BCUT2D eigenvalue weighted by Crippen LogP contribution is 2.40. The van der Waals surface area contributed by atoms with E-state index in [-0.39, 0.29) is 0 Å². The Labute approximate surface area is 258 Å². The highest BCUT2D eigenvalue weighted by Gasteiger charge is 2.17. The van der Waals surface area contributed by atoms with Gasteiger partial charge in [-0.15, -0.1) is 0 Å². The fourth-order valence-electron chi connectivity index (χ4n) is 6.22. The molecule has 0 saturated heterocycles.